The number of phosphoric ester groups is 1. The van der Waals surface area contributed by atoms with E-state index in [0.29, 0.717) is 19.3 Å². The van der Waals surface area contributed by atoms with E-state index in [2.05, 4.69) is 32.9 Å². The molecule has 1 aliphatic carbocycles. The molecule has 0 amide bonds. The van der Waals surface area contributed by atoms with Crippen LogP contribution in [0.3, 0.4) is 0 Å². The second kappa shape index (κ2) is 50.9. The molecule has 0 aromatic rings. The van der Waals surface area contributed by atoms with Crippen LogP contribution in [0, 0.1) is 0 Å². The number of phosphoric acid groups is 1. The SMILES string of the molecule is CCCCCCCC/C=C\CCCCCC(=O)OCC(COP(=O)(O)OC1C(OC2OC(CO)C(O)C(O)C2O)C(O)C(O)C(O)C1OC1OC(COC(=O)CCCCCCCCCCCCC)C(O)C(O)C1O)OC(=O)CCCCCCCCCCCCCCCC. The quantitative estimate of drug-likeness (QED) is 0.00890. The van der Waals surface area contributed by atoms with Crippen LogP contribution in [0.2, 0.25) is 0 Å². The molecule has 93 heavy (non-hydrogen) atoms. The lowest BCUT2D eigenvalue weighted by Crippen LogP contribution is -2.69. The zero-order valence-electron chi connectivity index (χ0n) is 56.5. The van der Waals surface area contributed by atoms with Crippen molar-refractivity contribution in [3.8, 4) is 0 Å². The van der Waals surface area contributed by atoms with Gasteiger partial charge in [0.05, 0.1) is 13.2 Å². The number of ether oxygens (including phenoxy) is 7. The molecule has 546 valence electrons. The molecular formula is C68H125O24P. The van der Waals surface area contributed by atoms with Crippen LogP contribution in [0.5, 0.6) is 0 Å². The van der Waals surface area contributed by atoms with Crippen LogP contribution in [0.15, 0.2) is 12.2 Å². The molecule has 0 spiro atoms. The second-order valence-corrected chi connectivity index (χ2v) is 27.4. The largest absolute Gasteiger partial charge is 0.472 e. The van der Waals surface area contributed by atoms with Crippen LogP contribution in [0.25, 0.3) is 0 Å². The molecule has 0 aromatic heterocycles. The number of hydrogen-bond donors (Lipinski definition) is 11. The number of aliphatic hydroxyl groups is 10. The van der Waals surface area contributed by atoms with E-state index in [0.717, 1.165) is 96.3 Å². The van der Waals surface area contributed by atoms with Crippen LogP contribution < -0.4 is 0 Å². The summed E-state index contributed by atoms with van der Waals surface area (Å²) in [5.41, 5.74) is 0. The first-order chi connectivity index (χ1) is 44.8. The van der Waals surface area contributed by atoms with E-state index in [9.17, 15) is 74.9 Å². The molecule has 18 unspecified atom stereocenters. The molecule has 0 aromatic carbocycles. The van der Waals surface area contributed by atoms with Gasteiger partial charge in [0.25, 0.3) is 0 Å². The average molecular weight is 1360 g/mol. The molecule has 1 saturated carbocycles. The first-order valence-electron chi connectivity index (χ1n) is 36.0. The summed E-state index contributed by atoms with van der Waals surface area (Å²) in [4.78, 5) is 50.8. The molecular weight excluding hydrogens is 1230 g/mol. The summed E-state index contributed by atoms with van der Waals surface area (Å²) in [7, 11) is -5.69. The standard InChI is InChI=1S/C68H125O24P/c1-4-7-10-13-16-19-22-24-26-29-32-35-38-41-44-54(72)87-49(46-84-52(70)42-39-36-33-31-28-25-23-20-17-14-11-8-5-2)47-86-93(82,83)92-66-64(90-67-62(80)57(75)55(73)50(45-69)88-67)60(78)59(77)61(79)65(66)91-68-63(81)58(76)56(74)51(89-68)48-85-53(71)43-40-37-34-30-27-21-18-15-12-9-6-3/h25,28,49-51,55-69,73-81H,4-24,26-27,29-48H2,1-3H3,(H,82,83)/b28-25-. The predicted octanol–water partition coefficient (Wildman–Crippen LogP) is 8.79. The van der Waals surface area contributed by atoms with Gasteiger partial charge in [-0.1, -0.05) is 219 Å². The first-order valence-corrected chi connectivity index (χ1v) is 37.5. The van der Waals surface area contributed by atoms with Gasteiger partial charge in [-0.3, -0.25) is 23.4 Å². The van der Waals surface area contributed by atoms with Gasteiger partial charge < -0.3 is 89.1 Å². The van der Waals surface area contributed by atoms with Crippen molar-refractivity contribution in [1.29, 1.82) is 0 Å². The molecule has 3 fully saturated rings. The van der Waals surface area contributed by atoms with E-state index in [4.69, 9.17) is 42.2 Å². The fourth-order valence-corrected chi connectivity index (χ4v) is 12.8. The lowest BCUT2D eigenvalue weighted by molar-refractivity contribution is -0.360. The van der Waals surface area contributed by atoms with Crippen LogP contribution in [0.1, 0.15) is 271 Å². The molecule has 18 atom stereocenters. The van der Waals surface area contributed by atoms with E-state index in [1.54, 1.807) is 0 Å². The fraction of sp³-hybridized carbons (Fsp3) is 0.926. The van der Waals surface area contributed by atoms with Gasteiger partial charge in [-0.05, 0) is 44.9 Å². The predicted molar refractivity (Wildman–Crippen MR) is 347 cm³/mol. The minimum Gasteiger partial charge on any atom is -0.463 e. The van der Waals surface area contributed by atoms with Gasteiger partial charge in [-0.15, -0.1) is 0 Å². The maximum atomic E-state index is 14.3. The van der Waals surface area contributed by atoms with Crippen molar-refractivity contribution in [2.24, 2.45) is 0 Å². The van der Waals surface area contributed by atoms with Gasteiger partial charge in [0, 0.05) is 19.3 Å². The highest BCUT2D eigenvalue weighted by atomic mass is 31.2. The Hall–Kier alpha value is -2.30. The third-order valence-electron chi connectivity index (χ3n) is 17.8. The van der Waals surface area contributed by atoms with Crippen LogP contribution in [-0.2, 0) is 61.2 Å². The second-order valence-electron chi connectivity index (χ2n) is 26.0. The van der Waals surface area contributed by atoms with Crippen molar-refractivity contribution >= 4 is 25.7 Å². The Bertz CT molecular complexity index is 1990. The number of rotatable bonds is 55. The molecule has 0 bridgehead atoms. The van der Waals surface area contributed by atoms with Gasteiger partial charge >= 0.3 is 25.7 Å². The van der Waals surface area contributed by atoms with Crippen molar-refractivity contribution in [3.05, 3.63) is 12.2 Å². The summed E-state index contributed by atoms with van der Waals surface area (Å²) < 4.78 is 64.8. The summed E-state index contributed by atoms with van der Waals surface area (Å²) in [6.45, 7) is 3.39. The van der Waals surface area contributed by atoms with Crippen molar-refractivity contribution in [2.45, 2.75) is 375 Å². The highest BCUT2D eigenvalue weighted by molar-refractivity contribution is 7.47. The Morgan fingerprint density at radius 2 is 0.753 bits per heavy atom. The number of carbonyl (C=O) groups is 3. The van der Waals surface area contributed by atoms with Crippen LogP contribution in [-0.4, -0.2) is 204 Å². The normalized spacial score (nSPS) is 28.5. The summed E-state index contributed by atoms with van der Waals surface area (Å²) in [5.74, 6) is -2.00. The lowest BCUT2D eigenvalue weighted by Gasteiger charge is -2.49. The Labute approximate surface area is 554 Å². The zero-order chi connectivity index (χ0) is 68.2. The number of allylic oxidation sites excluding steroid dienone is 2. The van der Waals surface area contributed by atoms with Gasteiger partial charge in [-0.2, -0.15) is 0 Å². The number of unbranched alkanes of at least 4 members (excludes halogenated alkanes) is 32. The smallest absolute Gasteiger partial charge is 0.463 e. The maximum Gasteiger partial charge on any atom is 0.472 e. The molecule has 24 nitrogen and oxygen atoms in total. The number of hydrogen-bond acceptors (Lipinski definition) is 23. The molecule has 0 radical (unpaired) electrons. The van der Waals surface area contributed by atoms with E-state index < -0.39 is 156 Å². The Kier molecular flexibility index (Phi) is 46.5. The number of carbonyl (C=O) groups excluding carboxylic acids is 3. The van der Waals surface area contributed by atoms with Crippen molar-refractivity contribution in [3.63, 3.8) is 0 Å². The van der Waals surface area contributed by atoms with E-state index >= 15 is 0 Å². The summed E-state index contributed by atoms with van der Waals surface area (Å²) in [5, 5.41) is 110. The third-order valence-corrected chi connectivity index (χ3v) is 18.8. The van der Waals surface area contributed by atoms with Gasteiger partial charge in [0.2, 0.25) is 0 Å². The minimum atomic E-state index is -5.69. The highest BCUT2D eigenvalue weighted by Gasteiger charge is 2.58. The number of esters is 3. The van der Waals surface area contributed by atoms with Gasteiger partial charge in [0.1, 0.15) is 98.7 Å². The molecule has 2 heterocycles. The van der Waals surface area contributed by atoms with E-state index in [1.807, 2.05) is 0 Å². The molecule has 2 saturated heterocycles. The summed E-state index contributed by atoms with van der Waals surface area (Å²) in [6.07, 6.45) is 7.38. The van der Waals surface area contributed by atoms with Crippen molar-refractivity contribution < 1.29 is 117 Å². The van der Waals surface area contributed by atoms with Crippen molar-refractivity contribution in [1.82, 2.24) is 0 Å². The first kappa shape index (κ1) is 84.9. The minimum absolute atomic E-state index is 0.0276. The van der Waals surface area contributed by atoms with Gasteiger partial charge in [-0.25, -0.2) is 4.57 Å². The third kappa shape index (κ3) is 34.9. The number of aliphatic hydroxyl groups excluding tert-OH is 10. The maximum absolute atomic E-state index is 14.3. The Morgan fingerprint density at radius 1 is 0.409 bits per heavy atom. The zero-order valence-corrected chi connectivity index (χ0v) is 57.4. The molecule has 3 rings (SSSR count). The topological polar surface area (TPSA) is 374 Å². The Morgan fingerprint density at radius 3 is 1.17 bits per heavy atom. The summed E-state index contributed by atoms with van der Waals surface area (Å²) in [6, 6.07) is 0. The molecule has 25 heteroatoms. The molecule has 3 aliphatic rings. The van der Waals surface area contributed by atoms with Crippen molar-refractivity contribution in [2.75, 3.05) is 26.4 Å². The van der Waals surface area contributed by atoms with E-state index in [1.165, 1.54) is 116 Å². The van der Waals surface area contributed by atoms with Gasteiger partial charge in [0.15, 0.2) is 18.7 Å². The van der Waals surface area contributed by atoms with E-state index in [-0.39, 0.29) is 19.3 Å². The summed E-state index contributed by atoms with van der Waals surface area (Å²) >= 11 is 0. The molecule has 2 aliphatic heterocycles. The van der Waals surface area contributed by atoms with Crippen LogP contribution in [0.4, 0.5) is 0 Å². The monoisotopic (exact) mass is 1360 g/mol. The average Bonchev–Trinajstić information content (AvgIpc) is 0.791. The van der Waals surface area contributed by atoms with Crippen LogP contribution >= 0.6 is 7.82 Å². The lowest BCUT2D eigenvalue weighted by atomic mass is 9.84. The molecule has 11 N–H and O–H groups in total. The fourth-order valence-electron chi connectivity index (χ4n) is 11.9. The Balaban J connectivity index is 1.76. The highest BCUT2D eigenvalue weighted by Crippen LogP contribution is 2.49.